The van der Waals surface area contributed by atoms with E-state index >= 15 is 0 Å². The molecule has 0 unspecified atom stereocenters. The third kappa shape index (κ3) is 5.91. The average molecular weight is 390 g/mol. The molecule has 0 aromatic heterocycles. The van der Waals surface area contributed by atoms with Gasteiger partial charge in [0.25, 0.3) is 5.91 Å². The summed E-state index contributed by atoms with van der Waals surface area (Å²) in [7, 11) is 0. The number of carbonyl (C=O) groups excluding carboxylic acids is 1. The van der Waals surface area contributed by atoms with E-state index in [0.29, 0.717) is 38.0 Å². The molecule has 1 saturated heterocycles. The Balaban J connectivity index is 1.92. The third-order valence-electron chi connectivity index (χ3n) is 4.35. The molecule has 0 atom stereocenters. The zero-order valence-corrected chi connectivity index (χ0v) is 15.1. The van der Waals surface area contributed by atoms with Gasteiger partial charge in [0.1, 0.15) is 0 Å². The van der Waals surface area contributed by atoms with Crippen molar-refractivity contribution in [2.45, 2.75) is 36.2 Å². The number of likely N-dealkylation sites (tertiary alicyclic amines) is 1. The fourth-order valence-electron chi connectivity index (χ4n) is 3.09. The number of carbonyl (C=O) groups is 2. The van der Waals surface area contributed by atoms with Gasteiger partial charge in [-0.1, -0.05) is 6.92 Å². The second kappa shape index (κ2) is 8.77. The summed E-state index contributed by atoms with van der Waals surface area (Å²) in [4.78, 5) is 27.0. The van der Waals surface area contributed by atoms with Crippen molar-refractivity contribution in [3.63, 3.8) is 0 Å². The molecular weight excluding hydrogens is 369 g/mol. The minimum absolute atomic E-state index is 0.0204. The van der Waals surface area contributed by atoms with Crippen molar-refractivity contribution >= 4 is 23.6 Å². The van der Waals surface area contributed by atoms with Crippen LogP contribution in [0.3, 0.4) is 0 Å². The Morgan fingerprint density at radius 1 is 1.23 bits per heavy atom. The van der Waals surface area contributed by atoms with Crippen LogP contribution in [0.25, 0.3) is 0 Å². The van der Waals surface area contributed by atoms with E-state index in [0.717, 1.165) is 0 Å². The molecule has 0 spiro atoms. The van der Waals surface area contributed by atoms with E-state index in [-0.39, 0.29) is 35.2 Å². The lowest BCUT2D eigenvalue weighted by Crippen LogP contribution is -2.48. The van der Waals surface area contributed by atoms with Gasteiger partial charge >= 0.3 is 11.5 Å². The Morgan fingerprint density at radius 2 is 1.81 bits per heavy atom. The molecule has 1 heterocycles. The fraction of sp³-hybridized carbons (Fsp3) is 0.529. The number of carboxylic acid groups (broad SMARTS) is 1. The van der Waals surface area contributed by atoms with Gasteiger partial charge in [-0.15, -0.1) is 0 Å². The van der Waals surface area contributed by atoms with Crippen molar-refractivity contribution in [2.75, 3.05) is 26.2 Å². The van der Waals surface area contributed by atoms with Crippen LogP contribution < -0.4 is 0 Å². The number of piperidine rings is 1. The lowest BCUT2D eigenvalue weighted by molar-refractivity contribution is -0.139. The molecule has 1 aliphatic heterocycles. The van der Waals surface area contributed by atoms with Gasteiger partial charge < -0.3 is 10.0 Å². The number of benzene rings is 1. The standard InChI is InChI=1S/C17H21F3N2O3S/c1-2-21(11-15(23)24)13-7-9-22(10-8-13)16(25)12-3-5-14(6-4-12)26-17(18,19)20/h3-6,13H,2,7-11H2,1H3,(H,23,24). The highest BCUT2D eigenvalue weighted by molar-refractivity contribution is 8.00. The zero-order chi connectivity index (χ0) is 19.3. The molecule has 144 valence electrons. The van der Waals surface area contributed by atoms with Crippen molar-refractivity contribution in [2.24, 2.45) is 0 Å². The monoisotopic (exact) mass is 390 g/mol. The average Bonchev–Trinajstić information content (AvgIpc) is 2.58. The lowest BCUT2D eigenvalue weighted by Gasteiger charge is -2.37. The van der Waals surface area contributed by atoms with Crippen LogP contribution in [0.15, 0.2) is 29.2 Å². The Kier molecular flexibility index (Phi) is 6.94. The van der Waals surface area contributed by atoms with Crippen molar-refractivity contribution < 1.29 is 27.9 Å². The van der Waals surface area contributed by atoms with Gasteiger partial charge in [-0.3, -0.25) is 14.5 Å². The summed E-state index contributed by atoms with van der Waals surface area (Å²) < 4.78 is 37.0. The molecule has 1 aliphatic rings. The second-order valence-corrected chi connectivity index (χ2v) is 7.19. The van der Waals surface area contributed by atoms with Crippen LogP contribution in [0.5, 0.6) is 0 Å². The number of carboxylic acids is 1. The van der Waals surface area contributed by atoms with E-state index in [4.69, 9.17) is 5.11 Å². The number of hydrogen-bond acceptors (Lipinski definition) is 4. The van der Waals surface area contributed by atoms with Gasteiger partial charge in [-0.05, 0) is 55.4 Å². The molecule has 0 bridgehead atoms. The van der Waals surface area contributed by atoms with Gasteiger partial charge in [0.2, 0.25) is 0 Å². The Bertz CT molecular complexity index is 629. The Morgan fingerprint density at radius 3 is 2.27 bits per heavy atom. The van der Waals surface area contributed by atoms with E-state index in [9.17, 15) is 22.8 Å². The van der Waals surface area contributed by atoms with Crippen molar-refractivity contribution in [3.05, 3.63) is 29.8 Å². The number of amides is 1. The molecule has 0 radical (unpaired) electrons. The molecule has 1 aromatic rings. The molecule has 5 nitrogen and oxygen atoms in total. The van der Waals surface area contributed by atoms with Crippen LogP contribution in [0, 0.1) is 0 Å². The molecule has 0 aliphatic carbocycles. The Hall–Kier alpha value is -1.74. The molecule has 1 aromatic carbocycles. The molecule has 1 N–H and O–H groups in total. The highest BCUT2D eigenvalue weighted by Crippen LogP contribution is 2.36. The summed E-state index contributed by atoms with van der Waals surface area (Å²) in [6.07, 6.45) is 1.35. The quantitative estimate of drug-likeness (QED) is 0.756. The highest BCUT2D eigenvalue weighted by Gasteiger charge is 2.30. The first-order valence-corrected chi connectivity index (χ1v) is 9.12. The van der Waals surface area contributed by atoms with Gasteiger partial charge in [-0.2, -0.15) is 13.2 Å². The first-order valence-electron chi connectivity index (χ1n) is 8.30. The van der Waals surface area contributed by atoms with Gasteiger partial charge in [0, 0.05) is 29.6 Å². The van der Waals surface area contributed by atoms with Crippen molar-refractivity contribution in [3.8, 4) is 0 Å². The first-order chi connectivity index (χ1) is 12.2. The highest BCUT2D eigenvalue weighted by atomic mass is 32.2. The molecule has 1 fully saturated rings. The fourth-order valence-corrected chi connectivity index (χ4v) is 3.63. The number of nitrogens with zero attached hydrogens (tertiary/aromatic N) is 2. The third-order valence-corrected chi connectivity index (χ3v) is 5.09. The van der Waals surface area contributed by atoms with E-state index in [2.05, 4.69) is 0 Å². The summed E-state index contributed by atoms with van der Waals surface area (Å²) >= 11 is -0.211. The minimum Gasteiger partial charge on any atom is -0.480 e. The number of hydrogen-bond donors (Lipinski definition) is 1. The van der Waals surface area contributed by atoms with Gasteiger partial charge in [-0.25, -0.2) is 0 Å². The number of thioether (sulfide) groups is 1. The smallest absolute Gasteiger partial charge is 0.446 e. The number of rotatable bonds is 6. The summed E-state index contributed by atoms with van der Waals surface area (Å²) in [5.41, 5.74) is -4.00. The molecule has 0 saturated carbocycles. The normalized spacial score (nSPS) is 16.1. The summed E-state index contributed by atoms with van der Waals surface area (Å²) in [6.45, 7) is 3.51. The predicted octanol–water partition coefficient (Wildman–Crippen LogP) is 3.31. The van der Waals surface area contributed by atoms with Crippen LogP contribution in [-0.2, 0) is 4.79 Å². The van der Waals surface area contributed by atoms with E-state index in [1.54, 1.807) is 4.90 Å². The van der Waals surface area contributed by atoms with Crippen LogP contribution in [0.4, 0.5) is 13.2 Å². The van der Waals surface area contributed by atoms with E-state index in [1.807, 2.05) is 11.8 Å². The number of halogens is 3. The van der Waals surface area contributed by atoms with E-state index in [1.165, 1.54) is 24.3 Å². The molecule has 26 heavy (non-hydrogen) atoms. The largest absolute Gasteiger partial charge is 0.480 e. The van der Waals surface area contributed by atoms with Crippen LogP contribution in [0.2, 0.25) is 0 Å². The maximum absolute atomic E-state index is 12.5. The van der Waals surface area contributed by atoms with Crippen LogP contribution in [0.1, 0.15) is 30.1 Å². The SMILES string of the molecule is CCN(CC(=O)O)C1CCN(C(=O)c2ccc(SC(F)(F)F)cc2)CC1. The van der Waals surface area contributed by atoms with Crippen molar-refractivity contribution in [1.29, 1.82) is 0 Å². The van der Waals surface area contributed by atoms with Gasteiger partial charge in [0.15, 0.2) is 0 Å². The second-order valence-electron chi connectivity index (χ2n) is 6.05. The zero-order valence-electron chi connectivity index (χ0n) is 14.3. The minimum atomic E-state index is -4.35. The van der Waals surface area contributed by atoms with E-state index < -0.39 is 11.5 Å². The van der Waals surface area contributed by atoms with Gasteiger partial charge in [0.05, 0.1) is 6.54 Å². The number of aliphatic carboxylic acids is 1. The maximum atomic E-state index is 12.5. The molecular formula is C17H21F3N2O3S. The summed E-state index contributed by atoms with van der Waals surface area (Å²) in [5.74, 6) is -1.09. The number of alkyl halides is 3. The summed E-state index contributed by atoms with van der Waals surface area (Å²) in [6, 6.07) is 5.52. The maximum Gasteiger partial charge on any atom is 0.446 e. The predicted molar refractivity (Wildman–Crippen MR) is 92.2 cm³/mol. The molecule has 9 heteroatoms. The molecule has 2 rings (SSSR count). The van der Waals surface area contributed by atoms with Crippen LogP contribution in [-0.4, -0.2) is 64.5 Å². The summed E-state index contributed by atoms with van der Waals surface area (Å²) in [5, 5.41) is 8.95. The first kappa shape index (κ1) is 20.6. The van der Waals surface area contributed by atoms with Crippen LogP contribution >= 0.6 is 11.8 Å². The lowest BCUT2D eigenvalue weighted by atomic mass is 10.0. The topological polar surface area (TPSA) is 60.9 Å². The number of likely N-dealkylation sites (N-methyl/N-ethyl adjacent to an activating group) is 1. The van der Waals surface area contributed by atoms with Crippen molar-refractivity contribution in [1.82, 2.24) is 9.80 Å². The molecule has 1 amide bonds. The Labute approximate surface area is 154 Å².